The molecule has 0 spiro atoms. The minimum atomic E-state index is -0.337. The van der Waals surface area contributed by atoms with Crippen molar-refractivity contribution in [2.45, 2.75) is 0 Å². The van der Waals surface area contributed by atoms with E-state index in [9.17, 15) is 4.79 Å². The van der Waals surface area contributed by atoms with Crippen molar-refractivity contribution in [1.29, 1.82) is 0 Å². The highest BCUT2D eigenvalue weighted by atomic mass is 16.7. The predicted molar refractivity (Wildman–Crippen MR) is 61.9 cm³/mol. The van der Waals surface area contributed by atoms with Crippen LogP contribution in [0.15, 0.2) is 28.9 Å². The second kappa shape index (κ2) is 4.47. The van der Waals surface area contributed by atoms with Crippen molar-refractivity contribution in [2.75, 3.05) is 21.3 Å². The monoisotopic (exact) mass is 235 g/mol. The van der Waals surface area contributed by atoms with Crippen LogP contribution in [-0.4, -0.2) is 32.2 Å². The highest BCUT2D eigenvalue weighted by Gasteiger charge is 2.19. The molecule has 1 heterocycles. The van der Waals surface area contributed by atoms with Gasteiger partial charge in [-0.2, -0.15) is 0 Å². The number of carbonyl (C=O) groups is 1. The first-order chi connectivity index (χ1) is 8.17. The maximum absolute atomic E-state index is 11.9. The van der Waals surface area contributed by atoms with Gasteiger partial charge in [-0.25, -0.2) is 5.06 Å². The SMILES string of the molecule is COc1ccc2coc(C(=O)N(C)OC)c2c1. The molecule has 5 nitrogen and oxygen atoms in total. The lowest BCUT2D eigenvalue weighted by Crippen LogP contribution is -2.25. The highest BCUT2D eigenvalue weighted by Crippen LogP contribution is 2.26. The van der Waals surface area contributed by atoms with Gasteiger partial charge in [-0.3, -0.25) is 9.63 Å². The molecule has 0 aliphatic rings. The van der Waals surface area contributed by atoms with Crippen LogP contribution in [0.3, 0.4) is 0 Å². The minimum absolute atomic E-state index is 0.239. The van der Waals surface area contributed by atoms with E-state index >= 15 is 0 Å². The quantitative estimate of drug-likeness (QED) is 0.764. The summed E-state index contributed by atoms with van der Waals surface area (Å²) in [6.45, 7) is 0. The van der Waals surface area contributed by atoms with Gasteiger partial charge in [0.15, 0.2) is 0 Å². The van der Waals surface area contributed by atoms with Gasteiger partial charge < -0.3 is 9.15 Å². The Morgan fingerprint density at radius 1 is 1.35 bits per heavy atom. The molecule has 1 aromatic carbocycles. The summed E-state index contributed by atoms with van der Waals surface area (Å²) in [5.74, 6) is 0.576. The Labute approximate surface area is 98.5 Å². The summed E-state index contributed by atoms with van der Waals surface area (Å²) in [4.78, 5) is 16.8. The molecule has 1 amide bonds. The van der Waals surface area contributed by atoms with Gasteiger partial charge in [0.2, 0.25) is 5.76 Å². The average molecular weight is 235 g/mol. The first kappa shape index (κ1) is 11.5. The summed E-state index contributed by atoms with van der Waals surface area (Å²) in [7, 11) is 4.52. The van der Waals surface area contributed by atoms with E-state index in [-0.39, 0.29) is 11.7 Å². The number of hydrogen-bond acceptors (Lipinski definition) is 4. The summed E-state index contributed by atoms with van der Waals surface area (Å²) in [5, 5.41) is 2.66. The zero-order valence-electron chi connectivity index (χ0n) is 9.89. The van der Waals surface area contributed by atoms with Crippen LogP contribution in [0, 0.1) is 0 Å². The van der Waals surface area contributed by atoms with Gasteiger partial charge in [-0.05, 0) is 18.2 Å². The maximum atomic E-state index is 11.9. The molecule has 1 aromatic heterocycles. The lowest BCUT2D eigenvalue weighted by molar-refractivity contribution is -0.0771. The molecule has 0 saturated heterocycles. The summed E-state index contributed by atoms with van der Waals surface area (Å²) < 4.78 is 10.4. The molecule has 90 valence electrons. The molecule has 0 radical (unpaired) electrons. The predicted octanol–water partition coefficient (Wildman–Crippen LogP) is 2.07. The van der Waals surface area contributed by atoms with Gasteiger partial charge in [-0.1, -0.05) is 0 Å². The molecule has 0 bridgehead atoms. The number of carbonyl (C=O) groups excluding carboxylic acids is 1. The first-order valence-electron chi connectivity index (χ1n) is 5.04. The number of benzene rings is 1. The lowest BCUT2D eigenvalue weighted by Gasteiger charge is -2.11. The molecular formula is C12H13NO4. The third-order valence-corrected chi connectivity index (χ3v) is 2.56. The third-order valence-electron chi connectivity index (χ3n) is 2.56. The minimum Gasteiger partial charge on any atom is -0.497 e. The van der Waals surface area contributed by atoms with Gasteiger partial charge in [0.25, 0.3) is 0 Å². The van der Waals surface area contributed by atoms with Crippen LogP contribution in [0.4, 0.5) is 0 Å². The third kappa shape index (κ3) is 1.97. The molecule has 0 fully saturated rings. The number of hydroxylamine groups is 2. The first-order valence-corrected chi connectivity index (χ1v) is 5.04. The Kier molecular flexibility index (Phi) is 3.01. The number of amides is 1. The summed E-state index contributed by atoms with van der Waals surface area (Å²) in [5.41, 5.74) is 0. The van der Waals surface area contributed by atoms with Crippen molar-refractivity contribution in [3.05, 3.63) is 30.2 Å². The van der Waals surface area contributed by atoms with Crippen LogP contribution < -0.4 is 4.74 Å². The number of fused-ring (bicyclic) bond motifs is 1. The molecule has 0 aliphatic carbocycles. The van der Waals surface area contributed by atoms with E-state index in [1.165, 1.54) is 20.4 Å². The van der Waals surface area contributed by atoms with Gasteiger partial charge in [0, 0.05) is 17.8 Å². The standard InChI is InChI=1S/C12H13NO4/c1-13(16-3)12(14)11-10-6-9(15-2)5-4-8(10)7-17-11/h4-7H,1-3H3. The maximum Gasteiger partial charge on any atom is 0.313 e. The van der Waals surface area contributed by atoms with Gasteiger partial charge in [-0.15, -0.1) is 0 Å². The van der Waals surface area contributed by atoms with Gasteiger partial charge >= 0.3 is 5.91 Å². The van der Waals surface area contributed by atoms with Crippen molar-refractivity contribution in [2.24, 2.45) is 0 Å². The fraction of sp³-hybridized carbons (Fsp3) is 0.250. The summed E-state index contributed by atoms with van der Waals surface area (Å²) in [6.07, 6.45) is 1.53. The molecule has 5 heteroatoms. The van der Waals surface area contributed by atoms with Crippen LogP contribution in [0.25, 0.3) is 10.8 Å². The van der Waals surface area contributed by atoms with Crippen molar-refractivity contribution in [3.8, 4) is 5.75 Å². The smallest absolute Gasteiger partial charge is 0.313 e. The van der Waals surface area contributed by atoms with E-state index in [1.807, 2.05) is 12.1 Å². The van der Waals surface area contributed by atoms with E-state index < -0.39 is 0 Å². The van der Waals surface area contributed by atoms with Crippen LogP contribution in [0.1, 0.15) is 10.6 Å². The Bertz CT molecular complexity index is 546. The summed E-state index contributed by atoms with van der Waals surface area (Å²) in [6, 6.07) is 5.41. The summed E-state index contributed by atoms with van der Waals surface area (Å²) >= 11 is 0. The molecular weight excluding hydrogens is 222 g/mol. The molecule has 0 saturated carbocycles. The molecule has 0 aliphatic heterocycles. The fourth-order valence-corrected chi connectivity index (χ4v) is 1.54. The zero-order valence-corrected chi connectivity index (χ0v) is 9.89. The Balaban J connectivity index is 2.51. The highest BCUT2D eigenvalue weighted by molar-refractivity contribution is 6.04. The van der Waals surface area contributed by atoms with Crippen molar-refractivity contribution < 1.29 is 18.8 Å². The molecule has 2 rings (SSSR count). The number of furan rings is 1. The largest absolute Gasteiger partial charge is 0.497 e. The van der Waals surface area contributed by atoms with Crippen molar-refractivity contribution in [1.82, 2.24) is 5.06 Å². The Hall–Kier alpha value is -2.01. The van der Waals surface area contributed by atoms with Crippen LogP contribution in [-0.2, 0) is 4.84 Å². The Morgan fingerprint density at radius 2 is 2.12 bits per heavy atom. The number of methoxy groups -OCH3 is 1. The van der Waals surface area contributed by atoms with E-state index in [2.05, 4.69) is 0 Å². The van der Waals surface area contributed by atoms with E-state index in [0.717, 1.165) is 10.4 Å². The van der Waals surface area contributed by atoms with Crippen LogP contribution in [0.5, 0.6) is 5.75 Å². The molecule has 0 N–H and O–H groups in total. The second-order valence-electron chi connectivity index (χ2n) is 3.50. The van der Waals surface area contributed by atoms with Crippen molar-refractivity contribution in [3.63, 3.8) is 0 Å². The lowest BCUT2D eigenvalue weighted by atomic mass is 10.1. The fourth-order valence-electron chi connectivity index (χ4n) is 1.54. The van der Waals surface area contributed by atoms with Gasteiger partial charge in [0.1, 0.15) is 5.75 Å². The van der Waals surface area contributed by atoms with Crippen LogP contribution >= 0.6 is 0 Å². The zero-order chi connectivity index (χ0) is 12.4. The van der Waals surface area contributed by atoms with Gasteiger partial charge in [0.05, 0.1) is 20.5 Å². The molecule has 2 aromatic rings. The number of rotatable bonds is 3. The van der Waals surface area contributed by atoms with E-state index in [0.29, 0.717) is 11.1 Å². The average Bonchev–Trinajstić information content (AvgIpc) is 2.79. The van der Waals surface area contributed by atoms with Crippen LogP contribution in [0.2, 0.25) is 0 Å². The van der Waals surface area contributed by atoms with E-state index in [1.54, 1.807) is 13.2 Å². The van der Waals surface area contributed by atoms with Crippen molar-refractivity contribution >= 4 is 16.7 Å². The molecule has 0 atom stereocenters. The van der Waals surface area contributed by atoms with E-state index in [4.69, 9.17) is 14.0 Å². The molecule has 0 unspecified atom stereocenters. The number of ether oxygens (including phenoxy) is 1. The topological polar surface area (TPSA) is 51.9 Å². The number of nitrogens with zero attached hydrogens (tertiary/aromatic N) is 1. The Morgan fingerprint density at radius 3 is 2.76 bits per heavy atom. The number of hydrogen-bond donors (Lipinski definition) is 0. The second-order valence-corrected chi connectivity index (χ2v) is 3.50. The normalized spacial score (nSPS) is 10.5. The molecule has 17 heavy (non-hydrogen) atoms.